The van der Waals surface area contributed by atoms with Gasteiger partial charge in [0.05, 0.1) is 16.2 Å². The lowest BCUT2D eigenvalue weighted by molar-refractivity contribution is -0.387. The first-order chi connectivity index (χ1) is 9.90. The lowest BCUT2D eigenvalue weighted by Gasteiger charge is -2.07. The summed E-state index contributed by atoms with van der Waals surface area (Å²) in [5.41, 5.74) is -1.99. The van der Waals surface area contributed by atoms with E-state index in [-0.39, 0.29) is 11.6 Å². The molecule has 0 aliphatic carbocycles. The molecule has 2 aromatic carbocycles. The summed E-state index contributed by atoms with van der Waals surface area (Å²) in [5, 5.41) is 12.5. The van der Waals surface area contributed by atoms with Crippen LogP contribution in [-0.4, -0.2) is 10.8 Å². The monoisotopic (exact) mass is 296 g/mol. The summed E-state index contributed by atoms with van der Waals surface area (Å²) in [5.74, 6) is -4.43. The smallest absolute Gasteiger partial charge is 0.307 e. The molecule has 1 amide bonds. The number of nitro benzene ring substituents is 1. The molecule has 0 atom stereocenters. The highest BCUT2D eigenvalue weighted by Crippen LogP contribution is 2.25. The van der Waals surface area contributed by atoms with Crippen molar-refractivity contribution >= 4 is 17.3 Å². The Hall–Kier alpha value is -2.90. The van der Waals surface area contributed by atoms with Crippen LogP contribution in [0, 0.1) is 27.6 Å². The van der Waals surface area contributed by atoms with Gasteiger partial charge in [-0.05, 0) is 12.1 Å². The van der Waals surface area contributed by atoms with E-state index in [2.05, 4.69) is 0 Å². The van der Waals surface area contributed by atoms with E-state index in [0.717, 1.165) is 12.1 Å². The molecule has 0 heterocycles. The van der Waals surface area contributed by atoms with Crippen LogP contribution in [0.25, 0.3) is 0 Å². The van der Waals surface area contributed by atoms with Gasteiger partial charge >= 0.3 is 5.69 Å². The number of nitro groups is 1. The highest BCUT2D eigenvalue weighted by molar-refractivity contribution is 6.04. The van der Waals surface area contributed by atoms with Gasteiger partial charge in [-0.2, -0.15) is 4.39 Å². The van der Waals surface area contributed by atoms with Gasteiger partial charge in [-0.15, -0.1) is 0 Å². The van der Waals surface area contributed by atoms with E-state index >= 15 is 0 Å². The molecule has 1 N–H and O–H groups in total. The van der Waals surface area contributed by atoms with Crippen LogP contribution in [0.4, 0.5) is 24.5 Å². The lowest BCUT2D eigenvalue weighted by atomic mass is 10.2. The summed E-state index contributed by atoms with van der Waals surface area (Å²) in [7, 11) is 0. The van der Waals surface area contributed by atoms with Crippen molar-refractivity contribution in [1.82, 2.24) is 0 Å². The number of halogens is 3. The van der Waals surface area contributed by atoms with E-state index in [1.54, 1.807) is 0 Å². The van der Waals surface area contributed by atoms with E-state index in [1.807, 2.05) is 5.32 Å². The zero-order valence-corrected chi connectivity index (χ0v) is 10.3. The third kappa shape index (κ3) is 2.99. The Morgan fingerprint density at radius 1 is 1.05 bits per heavy atom. The minimum Gasteiger partial charge on any atom is -0.319 e. The highest BCUT2D eigenvalue weighted by atomic mass is 19.1. The molecular weight excluding hydrogens is 289 g/mol. The van der Waals surface area contributed by atoms with Crippen LogP contribution in [0.2, 0.25) is 0 Å². The van der Waals surface area contributed by atoms with Crippen molar-refractivity contribution in [2.75, 3.05) is 5.32 Å². The second-order valence-electron chi connectivity index (χ2n) is 3.97. The predicted molar refractivity (Wildman–Crippen MR) is 67.4 cm³/mol. The summed E-state index contributed by atoms with van der Waals surface area (Å²) in [6.45, 7) is 0. The zero-order chi connectivity index (χ0) is 15.6. The van der Waals surface area contributed by atoms with Crippen molar-refractivity contribution in [2.24, 2.45) is 0 Å². The van der Waals surface area contributed by atoms with Crippen molar-refractivity contribution in [3.63, 3.8) is 0 Å². The molecule has 0 spiro atoms. The van der Waals surface area contributed by atoms with Crippen LogP contribution in [0.5, 0.6) is 0 Å². The van der Waals surface area contributed by atoms with Gasteiger partial charge in [0.2, 0.25) is 5.82 Å². The van der Waals surface area contributed by atoms with Crippen molar-refractivity contribution in [1.29, 1.82) is 0 Å². The normalized spacial score (nSPS) is 10.2. The van der Waals surface area contributed by atoms with Crippen LogP contribution in [0.3, 0.4) is 0 Å². The molecule has 0 aliphatic rings. The van der Waals surface area contributed by atoms with Crippen molar-refractivity contribution in [3.8, 4) is 0 Å². The lowest BCUT2D eigenvalue weighted by Crippen LogP contribution is -2.15. The number of nitrogens with one attached hydrogen (secondary N) is 1. The second-order valence-corrected chi connectivity index (χ2v) is 3.97. The van der Waals surface area contributed by atoms with E-state index in [9.17, 15) is 28.1 Å². The van der Waals surface area contributed by atoms with Crippen LogP contribution in [-0.2, 0) is 0 Å². The number of nitrogens with zero attached hydrogens (tertiary/aromatic N) is 1. The quantitative estimate of drug-likeness (QED) is 0.698. The summed E-state index contributed by atoms with van der Waals surface area (Å²) in [4.78, 5) is 21.3. The molecule has 0 fully saturated rings. The van der Waals surface area contributed by atoms with Gasteiger partial charge in [0.1, 0.15) is 11.6 Å². The SMILES string of the molecule is O=C(Nc1cc([N+](=O)[O-])c(F)cc1F)c1ccccc1F. The predicted octanol–water partition coefficient (Wildman–Crippen LogP) is 3.26. The first-order valence-electron chi connectivity index (χ1n) is 5.59. The first kappa shape index (κ1) is 14.5. The fourth-order valence-corrected chi connectivity index (χ4v) is 1.61. The Bertz CT molecular complexity index is 735. The third-order valence-corrected chi connectivity index (χ3v) is 2.60. The number of carbonyl (C=O) groups excluding carboxylic acids is 1. The number of carbonyl (C=O) groups is 1. The van der Waals surface area contributed by atoms with Crippen molar-refractivity contribution < 1.29 is 22.9 Å². The Balaban J connectivity index is 2.36. The molecule has 21 heavy (non-hydrogen) atoms. The second kappa shape index (κ2) is 5.61. The molecule has 0 bridgehead atoms. The molecule has 0 aliphatic heterocycles. The fraction of sp³-hybridized carbons (Fsp3) is 0. The van der Waals surface area contributed by atoms with Crippen LogP contribution < -0.4 is 5.32 Å². The summed E-state index contributed by atoms with van der Waals surface area (Å²) < 4.78 is 40.0. The van der Waals surface area contributed by atoms with Crippen molar-refractivity contribution in [2.45, 2.75) is 0 Å². The molecular formula is C13H7F3N2O3. The Kier molecular flexibility index (Phi) is 3.88. The number of anilines is 1. The topological polar surface area (TPSA) is 72.2 Å². The Labute approximate surface area is 116 Å². The number of hydrogen-bond acceptors (Lipinski definition) is 3. The van der Waals surface area contributed by atoms with E-state index < -0.39 is 39.7 Å². The standard InChI is InChI=1S/C13H7F3N2O3/c14-8-4-2-1-3-7(8)13(19)17-11-6-12(18(20)21)10(16)5-9(11)15/h1-6H,(H,17,19). The van der Waals surface area contributed by atoms with Crippen LogP contribution in [0.15, 0.2) is 36.4 Å². The number of amides is 1. The van der Waals surface area contributed by atoms with Gasteiger partial charge in [-0.25, -0.2) is 8.78 Å². The average molecular weight is 296 g/mol. The van der Waals surface area contributed by atoms with E-state index in [4.69, 9.17) is 0 Å². The summed E-state index contributed by atoms with van der Waals surface area (Å²) >= 11 is 0. The Morgan fingerprint density at radius 3 is 2.33 bits per heavy atom. The number of benzene rings is 2. The molecule has 8 heteroatoms. The fourth-order valence-electron chi connectivity index (χ4n) is 1.61. The van der Waals surface area contributed by atoms with Gasteiger partial charge in [0.15, 0.2) is 0 Å². The minimum absolute atomic E-state index is 0.273. The molecule has 2 rings (SSSR count). The molecule has 0 aromatic heterocycles. The molecule has 2 aromatic rings. The highest BCUT2D eigenvalue weighted by Gasteiger charge is 2.20. The summed E-state index contributed by atoms with van der Waals surface area (Å²) in [6, 6.07) is 5.73. The third-order valence-electron chi connectivity index (χ3n) is 2.60. The van der Waals surface area contributed by atoms with Gasteiger partial charge < -0.3 is 5.32 Å². The molecule has 0 saturated heterocycles. The number of rotatable bonds is 3. The van der Waals surface area contributed by atoms with Gasteiger partial charge in [0.25, 0.3) is 5.91 Å². The van der Waals surface area contributed by atoms with Crippen LogP contribution >= 0.6 is 0 Å². The molecule has 108 valence electrons. The molecule has 0 radical (unpaired) electrons. The average Bonchev–Trinajstić information content (AvgIpc) is 2.41. The molecule has 5 nitrogen and oxygen atoms in total. The van der Waals surface area contributed by atoms with Gasteiger partial charge in [-0.1, -0.05) is 12.1 Å². The van der Waals surface area contributed by atoms with Gasteiger partial charge in [-0.3, -0.25) is 14.9 Å². The van der Waals surface area contributed by atoms with Crippen LogP contribution in [0.1, 0.15) is 10.4 Å². The first-order valence-corrected chi connectivity index (χ1v) is 5.59. The minimum atomic E-state index is -1.37. The van der Waals surface area contributed by atoms with Gasteiger partial charge in [0, 0.05) is 12.1 Å². The molecule has 0 unspecified atom stereocenters. The number of hydrogen-bond donors (Lipinski definition) is 1. The maximum absolute atomic E-state index is 13.5. The summed E-state index contributed by atoms with van der Waals surface area (Å²) in [6.07, 6.45) is 0. The maximum Gasteiger partial charge on any atom is 0.307 e. The largest absolute Gasteiger partial charge is 0.319 e. The molecule has 0 saturated carbocycles. The van der Waals surface area contributed by atoms with E-state index in [1.165, 1.54) is 12.1 Å². The Morgan fingerprint density at radius 2 is 1.71 bits per heavy atom. The van der Waals surface area contributed by atoms with Crippen molar-refractivity contribution in [3.05, 3.63) is 69.5 Å². The van der Waals surface area contributed by atoms with E-state index in [0.29, 0.717) is 6.07 Å². The maximum atomic E-state index is 13.5. The zero-order valence-electron chi connectivity index (χ0n) is 10.3.